The standard InChI is InChI=1S/C24H30N4O3/c1-26(16-18-7-9-21-19(15-18)5-2-11-25-21)24(31)20-8-10-23(30)28(17-20)14-4-13-27-12-3-6-22(27)29/h2,5,7,9,11,15,20H,3-4,6,8,10,12-14,16-17H2,1H3. The minimum absolute atomic E-state index is 0.0819. The van der Waals surface area contributed by atoms with Gasteiger partial charge in [0.2, 0.25) is 17.7 Å². The number of piperidine rings is 1. The lowest BCUT2D eigenvalue weighted by Gasteiger charge is -2.34. The van der Waals surface area contributed by atoms with Gasteiger partial charge in [0, 0.05) is 64.2 Å². The fourth-order valence-corrected chi connectivity index (χ4v) is 4.61. The summed E-state index contributed by atoms with van der Waals surface area (Å²) in [6.45, 7) is 3.12. The van der Waals surface area contributed by atoms with E-state index in [9.17, 15) is 14.4 Å². The SMILES string of the molecule is CN(Cc1ccc2ncccc2c1)C(=O)C1CCC(=O)N(CCCN2CCCC2=O)C1. The lowest BCUT2D eigenvalue weighted by molar-refractivity contribution is -0.142. The van der Waals surface area contributed by atoms with Gasteiger partial charge in [-0.25, -0.2) is 0 Å². The van der Waals surface area contributed by atoms with Crippen LogP contribution in [0.25, 0.3) is 10.9 Å². The third-order valence-corrected chi connectivity index (χ3v) is 6.34. The van der Waals surface area contributed by atoms with E-state index in [1.165, 1.54) is 0 Å². The van der Waals surface area contributed by atoms with Crippen molar-refractivity contribution in [2.45, 2.75) is 38.6 Å². The van der Waals surface area contributed by atoms with Gasteiger partial charge in [0.15, 0.2) is 0 Å². The maximum absolute atomic E-state index is 13.1. The number of aromatic nitrogens is 1. The zero-order valence-corrected chi connectivity index (χ0v) is 18.1. The number of benzene rings is 1. The monoisotopic (exact) mass is 422 g/mol. The fraction of sp³-hybridized carbons (Fsp3) is 0.500. The average Bonchev–Trinajstić information content (AvgIpc) is 3.19. The minimum atomic E-state index is -0.168. The summed E-state index contributed by atoms with van der Waals surface area (Å²) in [5.41, 5.74) is 2.01. The number of amides is 3. The van der Waals surface area contributed by atoms with Crippen LogP contribution in [-0.4, -0.2) is 70.6 Å². The van der Waals surface area contributed by atoms with Crippen molar-refractivity contribution in [1.29, 1.82) is 0 Å². The average molecular weight is 423 g/mol. The number of pyridine rings is 1. The van der Waals surface area contributed by atoms with Crippen LogP contribution in [0.1, 0.15) is 37.7 Å². The lowest BCUT2D eigenvalue weighted by atomic mass is 9.95. The first kappa shape index (κ1) is 21.3. The van der Waals surface area contributed by atoms with Gasteiger partial charge in [-0.05, 0) is 43.0 Å². The molecule has 2 fully saturated rings. The normalized spacial score (nSPS) is 19.3. The second kappa shape index (κ2) is 9.45. The quantitative estimate of drug-likeness (QED) is 0.687. The summed E-state index contributed by atoms with van der Waals surface area (Å²) >= 11 is 0. The van der Waals surface area contributed by atoms with E-state index in [1.54, 1.807) is 11.1 Å². The second-order valence-electron chi connectivity index (χ2n) is 8.64. The number of hydrogen-bond acceptors (Lipinski definition) is 4. The molecule has 1 aromatic carbocycles. The molecule has 3 heterocycles. The molecule has 0 saturated carbocycles. The topological polar surface area (TPSA) is 73.8 Å². The molecule has 7 heteroatoms. The molecule has 1 atom stereocenters. The van der Waals surface area contributed by atoms with Crippen molar-refractivity contribution in [2.24, 2.45) is 5.92 Å². The molecule has 1 unspecified atom stereocenters. The Kier molecular flexibility index (Phi) is 6.49. The van der Waals surface area contributed by atoms with Crippen LogP contribution in [0, 0.1) is 5.92 Å². The number of likely N-dealkylation sites (tertiary alicyclic amines) is 2. The Hall–Kier alpha value is -2.96. The van der Waals surface area contributed by atoms with E-state index in [0.29, 0.717) is 45.4 Å². The van der Waals surface area contributed by atoms with Crippen LogP contribution in [0.4, 0.5) is 0 Å². The first-order chi connectivity index (χ1) is 15.0. The lowest BCUT2D eigenvalue weighted by Crippen LogP contribution is -2.46. The molecule has 164 valence electrons. The van der Waals surface area contributed by atoms with E-state index in [1.807, 2.05) is 41.1 Å². The Morgan fingerprint density at radius 2 is 1.94 bits per heavy atom. The highest BCUT2D eigenvalue weighted by Crippen LogP contribution is 2.22. The van der Waals surface area contributed by atoms with Gasteiger partial charge in [0.1, 0.15) is 0 Å². The Bertz CT molecular complexity index is 976. The molecule has 0 bridgehead atoms. The summed E-state index contributed by atoms with van der Waals surface area (Å²) in [5.74, 6) is 0.238. The molecule has 7 nitrogen and oxygen atoms in total. The van der Waals surface area contributed by atoms with E-state index in [-0.39, 0.29) is 23.6 Å². The molecule has 2 saturated heterocycles. The van der Waals surface area contributed by atoms with Crippen molar-refractivity contribution < 1.29 is 14.4 Å². The number of hydrogen-bond donors (Lipinski definition) is 0. The van der Waals surface area contributed by atoms with Crippen LogP contribution in [0.2, 0.25) is 0 Å². The first-order valence-electron chi connectivity index (χ1n) is 11.2. The molecule has 0 radical (unpaired) electrons. The van der Waals surface area contributed by atoms with Gasteiger partial charge in [-0.1, -0.05) is 12.1 Å². The van der Waals surface area contributed by atoms with Crippen LogP contribution < -0.4 is 0 Å². The van der Waals surface area contributed by atoms with E-state index in [0.717, 1.165) is 35.9 Å². The molecule has 0 spiro atoms. The van der Waals surface area contributed by atoms with Crippen molar-refractivity contribution in [2.75, 3.05) is 33.2 Å². The number of carbonyl (C=O) groups excluding carboxylic acids is 3. The van der Waals surface area contributed by atoms with Gasteiger partial charge in [0.25, 0.3) is 0 Å². The molecule has 0 aliphatic carbocycles. The summed E-state index contributed by atoms with van der Waals surface area (Å²) in [4.78, 5) is 47.0. The molecule has 2 aliphatic rings. The molecule has 4 rings (SSSR count). The molecule has 31 heavy (non-hydrogen) atoms. The Morgan fingerprint density at radius 1 is 1.13 bits per heavy atom. The Labute approximate surface area is 183 Å². The highest BCUT2D eigenvalue weighted by Gasteiger charge is 2.32. The van der Waals surface area contributed by atoms with Crippen LogP contribution in [-0.2, 0) is 20.9 Å². The summed E-state index contributed by atoms with van der Waals surface area (Å²) < 4.78 is 0. The van der Waals surface area contributed by atoms with Gasteiger partial charge in [-0.15, -0.1) is 0 Å². The van der Waals surface area contributed by atoms with E-state index < -0.39 is 0 Å². The van der Waals surface area contributed by atoms with E-state index in [2.05, 4.69) is 11.1 Å². The van der Waals surface area contributed by atoms with Crippen LogP contribution in [0.15, 0.2) is 36.5 Å². The molecule has 2 aromatic rings. The summed E-state index contributed by atoms with van der Waals surface area (Å²) in [7, 11) is 1.83. The fourth-order valence-electron chi connectivity index (χ4n) is 4.61. The highest BCUT2D eigenvalue weighted by atomic mass is 16.2. The van der Waals surface area contributed by atoms with E-state index >= 15 is 0 Å². The second-order valence-corrected chi connectivity index (χ2v) is 8.64. The summed E-state index contributed by atoms with van der Waals surface area (Å²) in [5, 5.41) is 1.06. The largest absolute Gasteiger partial charge is 0.343 e. The van der Waals surface area contributed by atoms with Gasteiger partial charge in [0.05, 0.1) is 11.4 Å². The first-order valence-corrected chi connectivity index (χ1v) is 11.2. The van der Waals surface area contributed by atoms with Crippen LogP contribution >= 0.6 is 0 Å². The van der Waals surface area contributed by atoms with Crippen molar-refractivity contribution in [3.05, 3.63) is 42.1 Å². The zero-order chi connectivity index (χ0) is 21.8. The predicted molar refractivity (Wildman–Crippen MR) is 118 cm³/mol. The minimum Gasteiger partial charge on any atom is -0.343 e. The zero-order valence-electron chi connectivity index (χ0n) is 18.1. The molecule has 1 aromatic heterocycles. The van der Waals surface area contributed by atoms with Crippen molar-refractivity contribution in [3.8, 4) is 0 Å². The maximum atomic E-state index is 13.1. The summed E-state index contributed by atoms with van der Waals surface area (Å²) in [6, 6.07) is 10.00. The van der Waals surface area contributed by atoms with E-state index in [4.69, 9.17) is 0 Å². The van der Waals surface area contributed by atoms with Crippen LogP contribution in [0.5, 0.6) is 0 Å². The molecule has 3 amide bonds. The molecule has 2 aliphatic heterocycles. The number of rotatable bonds is 7. The van der Waals surface area contributed by atoms with Gasteiger partial charge >= 0.3 is 0 Å². The van der Waals surface area contributed by atoms with Crippen LogP contribution in [0.3, 0.4) is 0 Å². The van der Waals surface area contributed by atoms with Crippen molar-refractivity contribution in [1.82, 2.24) is 19.7 Å². The van der Waals surface area contributed by atoms with Gasteiger partial charge in [-0.3, -0.25) is 19.4 Å². The molecular weight excluding hydrogens is 392 g/mol. The Balaban J connectivity index is 1.31. The Morgan fingerprint density at radius 3 is 2.74 bits per heavy atom. The summed E-state index contributed by atoms with van der Waals surface area (Å²) in [6.07, 6.45) is 5.12. The highest BCUT2D eigenvalue weighted by molar-refractivity contribution is 5.84. The van der Waals surface area contributed by atoms with Crippen molar-refractivity contribution >= 4 is 28.6 Å². The van der Waals surface area contributed by atoms with Gasteiger partial charge < -0.3 is 14.7 Å². The number of nitrogens with zero attached hydrogens (tertiary/aromatic N) is 4. The van der Waals surface area contributed by atoms with Crippen molar-refractivity contribution in [3.63, 3.8) is 0 Å². The maximum Gasteiger partial charge on any atom is 0.227 e. The van der Waals surface area contributed by atoms with Gasteiger partial charge in [-0.2, -0.15) is 0 Å². The molecular formula is C24H30N4O3. The predicted octanol–water partition coefficient (Wildman–Crippen LogP) is 2.44. The number of carbonyl (C=O) groups is 3. The third kappa shape index (κ3) is 5.03. The number of fused-ring (bicyclic) bond motifs is 1. The third-order valence-electron chi connectivity index (χ3n) is 6.34. The smallest absolute Gasteiger partial charge is 0.227 e. The molecule has 0 N–H and O–H groups in total.